The van der Waals surface area contributed by atoms with Crippen LogP contribution >= 0.6 is 23.2 Å². The predicted molar refractivity (Wildman–Crippen MR) is 111 cm³/mol. The SMILES string of the molecule is Cn1c(NC2CCNC2=O)nc2c1c(=O)n(Cc1ccc(Cl)c(Cl)c1)c(=O)n2C. The zero-order chi connectivity index (χ0) is 20.9. The lowest BCUT2D eigenvalue weighted by Crippen LogP contribution is -2.39. The van der Waals surface area contributed by atoms with Gasteiger partial charge in [0.15, 0.2) is 11.2 Å². The number of halogens is 2. The van der Waals surface area contributed by atoms with Gasteiger partial charge >= 0.3 is 5.69 Å². The van der Waals surface area contributed by atoms with Crippen LogP contribution in [-0.4, -0.2) is 37.2 Å². The Bertz CT molecular complexity index is 1260. The van der Waals surface area contributed by atoms with Gasteiger partial charge < -0.3 is 15.2 Å². The third-order valence-electron chi connectivity index (χ3n) is 5.04. The quantitative estimate of drug-likeness (QED) is 0.636. The second-order valence-corrected chi connectivity index (χ2v) is 7.74. The lowest BCUT2D eigenvalue weighted by molar-refractivity contribution is -0.119. The Morgan fingerprint density at radius 2 is 1.93 bits per heavy atom. The molecule has 2 aromatic heterocycles. The Morgan fingerprint density at radius 3 is 2.59 bits per heavy atom. The van der Waals surface area contributed by atoms with Crippen LogP contribution in [0, 0.1) is 0 Å². The zero-order valence-corrected chi connectivity index (χ0v) is 17.2. The summed E-state index contributed by atoms with van der Waals surface area (Å²) in [5, 5.41) is 6.53. The Morgan fingerprint density at radius 1 is 1.17 bits per heavy atom. The van der Waals surface area contributed by atoms with Crippen LogP contribution in [0.2, 0.25) is 10.0 Å². The van der Waals surface area contributed by atoms with Gasteiger partial charge in [0, 0.05) is 20.6 Å². The number of benzene rings is 1. The smallest absolute Gasteiger partial charge is 0.332 e. The van der Waals surface area contributed by atoms with Gasteiger partial charge in [-0.25, -0.2) is 4.79 Å². The summed E-state index contributed by atoms with van der Waals surface area (Å²) < 4.78 is 4.00. The van der Waals surface area contributed by atoms with Crippen molar-refractivity contribution in [1.82, 2.24) is 24.0 Å². The molecule has 152 valence electrons. The average Bonchev–Trinajstić information content (AvgIpc) is 3.24. The summed E-state index contributed by atoms with van der Waals surface area (Å²) in [4.78, 5) is 42.2. The Balaban J connectivity index is 1.81. The number of amides is 1. The van der Waals surface area contributed by atoms with Crippen LogP contribution in [0.5, 0.6) is 0 Å². The number of nitrogens with one attached hydrogen (secondary N) is 2. The van der Waals surface area contributed by atoms with Gasteiger partial charge in [-0.15, -0.1) is 0 Å². The fraction of sp³-hybridized carbons (Fsp3) is 0.333. The molecular weight excluding hydrogens is 419 g/mol. The van der Waals surface area contributed by atoms with Crippen molar-refractivity contribution in [2.24, 2.45) is 14.1 Å². The number of imidazole rings is 1. The van der Waals surface area contributed by atoms with Crippen LogP contribution in [-0.2, 0) is 25.4 Å². The first-order chi connectivity index (χ1) is 13.8. The number of carbonyl (C=O) groups is 1. The minimum absolute atomic E-state index is 0.0390. The van der Waals surface area contributed by atoms with E-state index in [2.05, 4.69) is 15.6 Å². The van der Waals surface area contributed by atoms with E-state index in [1.807, 2.05) is 0 Å². The number of fused-ring (bicyclic) bond motifs is 1. The first-order valence-electron chi connectivity index (χ1n) is 8.92. The van der Waals surface area contributed by atoms with Crippen LogP contribution in [0.3, 0.4) is 0 Å². The van der Waals surface area contributed by atoms with E-state index in [9.17, 15) is 14.4 Å². The Hall–Kier alpha value is -2.78. The molecule has 4 rings (SSSR count). The maximum atomic E-state index is 13.1. The van der Waals surface area contributed by atoms with Crippen LogP contribution in [0.4, 0.5) is 5.95 Å². The number of rotatable bonds is 4. The highest BCUT2D eigenvalue weighted by Gasteiger charge is 2.26. The van der Waals surface area contributed by atoms with Gasteiger partial charge in [0.05, 0.1) is 16.6 Å². The van der Waals surface area contributed by atoms with Crippen molar-refractivity contribution in [2.45, 2.75) is 19.0 Å². The summed E-state index contributed by atoms with van der Waals surface area (Å²) in [5.74, 6) is 0.226. The topological polar surface area (TPSA) is 103 Å². The summed E-state index contributed by atoms with van der Waals surface area (Å²) in [5.41, 5.74) is 0.188. The fourth-order valence-electron chi connectivity index (χ4n) is 3.42. The second-order valence-electron chi connectivity index (χ2n) is 6.92. The third-order valence-corrected chi connectivity index (χ3v) is 5.78. The summed E-state index contributed by atoms with van der Waals surface area (Å²) in [6.45, 7) is 0.618. The molecular formula is C18H18Cl2N6O3. The molecule has 1 unspecified atom stereocenters. The Labute approximate surface area is 174 Å². The molecule has 1 saturated heterocycles. The molecule has 0 bridgehead atoms. The number of aryl methyl sites for hydroxylation is 2. The molecule has 0 saturated carbocycles. The van der Waals surface area contributed by atoms with Crippen LogP contribution in [0.1, 0.15) is 12.0 Å². The molecule has 0 aliphatic carbocycles. The van der Waals surface area contributed by atoms with Crippen LogP contribution in [0.25, 0.3) is 11.2 Å². The highest BCUT2D eigenvalue weighted by Crippen LogP contribution is 2.23. The standard InChI is InChI=1S/C18H18Cl2N6O3/c1-24-13-14(23-17(24)22-12-5-6-21-15(12)27)25(2)18(29)26(16(13)28)8-9-3-4-10(19)11(20)7-9/h3-4,7,12H,5-6,8H2,1-2H3,(H,21,27)(H,22,23). The molecule has 1 aliphatic heterocycles. The second kappa shape index (κ2) is 7.23. The fourth-order valence-corrected chi connectivity index (χ4v) is 3.74. The van der Waals surface area contributed by atoms with Gasteiger partial charge in [0.2, 0.25) is 11.9 Å². The molecule has 29 heavy (non-hydrogen) atoms. The molecule has 1 amide bonds. The molecule has 9 nitrogen and oxygen atoms in total. The number of hydrogen-bond donors (Lipinski definition) is 2. The molecule has 1 aromatic carbocycles. The van der Waals surface area contributed by atoms with Gasteiger partial charge in [-0.1, -0.05) is 29.3 Å². The first-order valence-corrected chi connectivity index (χ1v) is 9.68. The minimum atomic E-state index is -0.503. The van der Waals surface area contributed by atoms with Crippen molar-refractivity contribution in [3.8, 4) is 0 Å². The van der Waals surface area contributed by atoms with E-state index in [0.29, 0.717) is 34.5 Å². The van der Waals surface area contributed by atoms with Gasteiger partial charge in [-0.3, -0.25) is 18.7 Å². The lowest BCUT2D eigenvalue weighted by Gasteiger charge is -2.11. The van der Waals surface area contributed by atoms with Crippen molar-refractivity contribution in [2.75, 3.05) is 11.9 Å². The maximum absolute atomic E-state index is 13.1. The number of aromatic nitrogens is 4. The van der Waals surface area contributed by atoms with E-state index < -0.39 is 17.3 Å². The monoisotopic (exact) mass is 436 g/mol. The van der Waals surface area contributed by atoms with Crippen molar-refractivity contribution in [1.29, 1.82) is 0 Å². The van der Waals surface area contributed by atoms with Gasteiger partial charge in [-0.05, 0) is 24.1 Å². The molecule has 2 N–H and O–H groups in total. The highest BCUT2D eigenvalue weighted by molar-refractivity contribution is 6.42. The number of hydrogen-bond acceptors (Lipinski definition) is 5. The van der Waals surface area contributed by atoms with E-state index in [1.54, 1.807) is 36.9 Å². The molecule has 0 spiro atoms. The molecule has 11 heteroatoms. The van der Waals surface area contributed by atoms with E-state index in [4.69, 9.17) is 23.2 Å². The molecule has 1 atom stereocenters. The maximum Gasteiger partial charge on any atom is 0.332 e. The molecule has 1 fully saturated rings. The summed E-state index contributed by atoms with van der Waals surface area (Å²) in [6.07, 6.45) is 0.614. The lowest BCUT2D eigenvalue weighted by atomic mass is 10.2. The summed E-state index contributed by atoms with van der Waals surface area (Å²) >= 11 is 12.0. The number of nitrogens with zero attached hydrogens (tertiary/aromatic N) is 4. The predicted octanol–water partition coefficient (Wildman–Crippen LogP) is 1.09. The first kappa shape index (κ1) is 19.5. The van der Waals surface area contributed by atoms with Gasteiger partial charge in [0.1, 0.15) is 6.04 Å². The minimum Gasteiger partial charge on any atom is -0.354 e. The average molecular weight is 437 g/mol. The number of carbonyl (C=O) groups excluding carboxylic acids is 1. The molecule has 3 aromatic rings. The van der Waals surface area contributed by atoms with Gasteiger partial charge in [0.25, 0.3) is 5.56 Å². The van der Waals surface area contributed by atoms with Crippen LogP contribution < -0.4 is 21.9 Å². The third kappa shape index (κ3) is 3.30. The molecule has 0 radical (unpaired) electrons. The van der Waals surface area contributed by atoms with E-state index >= 15 is 0 Å². The Kier molecular flexibility index (Phi) is 4.87. The summed E-state index contributed by atoms with van der Waals surface area (Å²) in [6, 6.07) is 4.51. The van der Waals surface area contributed by atoms with Gasteiger partial charge in [-0.2, -0.15) is 4.98 Å². The largest absolute Gasteiger partial charge is 0.354 e. The van der Waals surface area contributed by atoms with Crippen molar-refractivity contribution >= 4 is 46.2 Å². The molecule has 3 heterocycles. The van der Waals surface area contributed by atoms with E-state index in [1.165, 1.54) is 4.57 Å². The summed E-state index contributed by atoms with van der Waals surface area (Å²) in [7, 11) is 3.22. The van der Waals surface area contributed by atoms with Crippen LogP contribution in [0.15, 0.2) is 27.8 Å². The van der Waals surface area contributed by atoms with Crippen molar-refractivity contribution in [3.05, 3.63) is 54.6 Å². The normalized spacial score (nSPS) is 16.4. The van der Waals surface area contributed by atoms with E-state index in [0.717, 1.165) is 4.57 Å². The zero-order valence-electron chi connectivity index (χ0n) is 15.7. The molecule has 1 aliphatic rings. The van der Waals surface area contributed by atoms with Crippen molar-refractivity contribution < 1.29 is 4.79 Å². The number of anilines is 1. The highest BCUT2D eigenvalue weighted by atomic mass is 35.5. The van der Waals surface area contributed by atoms with Crippen molar-refractivity contribution in [3.63, 3.8) is 0 Å². The van der Waals surface area contributed by atoms with E-state index in [-0.39, 0.29) is 23.6 Å².